The van der Waals surface area contributed by atoms with Crippen molar-refractivity contribution in [3.05, 3.63) is 41.3 Å². The third kappa shape index (κ3) is 5.16. The summed E-state index contributed by atoms with van der Waals surface area (Å²) in [5.41, 5.74) is 3.13. The van der Waals surface area contributed by atoms with Gasteiger partial charge in [-0.05, 0) is 76.6 Å². The van der Waals surface area contributed by atoms with Crippen LogP contribution in [0.3, 0.4) is 0 Å². The Morgan fingerprint density at radius 2 is 1.69 bits per heavy atom. The first-order valence-corrected chi connectivity index (χ1v) is 12.8. The Balaban J connectivity index is 1.40. The van der Waals surface area contributed by atoms with Crippen LogP contribution in [-0.4, -0.2) is 75.7 Å². The van der Waals surface area contributed by atoms with Crippen molar-refractivity contribution in [3.63, 3.8) is 0 Å². The van der Waals surface area contributed by atoms with Gasteiger partial charge in [0.1, 0.15) is 17.2 Å². The van der Waals surface area contributed by atoms with Crippen LogP contribution in [0, 0.1) is 13.8 Å². The minimum atomic E-state index is -0.477. The van der Waals surface area contributed by atoms with Crippen LogP contribution in [0.1, 0.15) is 56.5 Å². The number of anilines is 1. The van der Waals surface area contributed by atoms with Crippen LogP contribution in [0.25, 0.3) is 16.7 Å². The quantitative estimate of drug-likeness (QED) is 0.536. The van der Waals surface area contributed by atoms with Crippen molar-refractivity contribution in [2.75, 3.05) is 44.3 Å². The van der Waals surface area contributed by atoms with Gasteiger partial charge in [0.15, 0.2) is 5.82 Å². The van der Waals surface area contributed by atoms with E-state index >= 15 is 0 Å². The van der Waals surface area contributed by atoms with Gasteiger partial charge in [0, 0.05) is 37.6 Å². The van der Waals surface area contributed by atoms with E-state index in [1.54, 1.807) is 0 Å². The lowest BCUT2D eigenvalue weighted by atomic mass is 9.86. The third-order valence-corrected chi connectivity index (χ3v) is 6.91. The topological polar surface area (TPSA) is 85.6 Å². The maximum Gasteiger partial charge on any atom is 0.410 e. The van der Waals surface area contributed by atoms with Crippen LogP contribution < -0.4 is 4.90 Å². The van der Waals surface area contributed by atoms with Gasteiger partial charge in [0.05, 0.1) is 24.9 Å². The lowest BCUT2D eigenvalue weighted by Crippen LogP contribution is -2.41. The largest absolute Gasteiger partial charge is 0.444 e. The molecule has 2 aromatic heterocycles. The smallest absolute Gasteiger partial charge is 0.410 e. The molecule has 36 heavy (non-hydrogen) atoms. The molecule has 0 bridgehead atoms. The highest BCUT2D eigenvalue weighted by Gasteiger charge is 2.28. The highest BCUT2D eigenvalue weighted by atomic mass is 16.6. The molecule has 5 rings (SSSR count). The van der Waals surface area contributed by atoms with Gasteiger partial charge in [0.2, 0.25) is 0 Å². The van der Waals surface area contributed by atoms with E-state index in [2.05, 4.69) is 28.9 Å². The summed E-state index contributed by atoms with van der Waals surface area (Å²) < 4.78 is 13.0. The SMILES string of the molecule is Cc1nc(N2CCOCC2)cc(-n2ncc3cc(C)c(C4CCN(C(=O)OC(C)(C)C)CC4)cc32)n1. The minimum Gasteiger partial charge on any atom is -0.444 e. The van der Waals surface area contributed by atoms with Gasteiger partial charge < -0.3 is 19.3 Å². The van der Waals surface area contributed by atoms with Gasteiger partial charge in [-0.15, -0.1) is 0 Å². The van der Waals surface area contributed by atoms with Crippen molar-refractivity contribution in [3.8, 4) is 5.82 Å². The number of aromatic nitrogens is 4. The minimum absolute atomic E-state index is 0.221. The number of nitrogens with zero attached hydrogens (tertiary/aromatic N) is 6. The summed E-state index contributed by atoms with van der Waals surface area (Å²) in [4.78, 5) is 26.0. The van der Waals surface area contributed by atoms with Crippen LogP contribution in [0.4, 0.5) is 10.6 Å². The highest BCUT2D eigenvalue weighted by Crippen LogP contribution is 2.34. The number of likely N-dealkylation sites (tertiary alicyclic amines) is 1. The second-order valence-corrected chi connectivity index (χ2v) is 10.8. The van der Waals surface area contributed by atoms with E-state index < -0.39 is 5.60 Å². The zero-order valence-corrected chi connectivity index (χ0v) is 22.0. The van der Waals surface area contributed by atoms with Gasteiger partial charge in [-0.25, -0.2) is 19.4 Å². The molecule has 4 heterocycles. The zero-order chi connectivity index (χ0) is 25.4. The summed E-state index contributed by atoms with van der Waals surface area (Å²) in [5.74, 6) is 2.78. The summed E-state index contributed by atoms with van der Waals surface area (Å²) >= 11 is 0. The molecule has 1 amide bonds. The van der Waals surface area contributed by atoms with Crippen molar-refractivity contribution < 1.29 is 14.3 Å². The number of morpholine rings is 1. The van der Waals surface area contributed by atoms with Gasteiger partial charge in [0.25, 0.3) is 0 Å². The lowest BCUT2D eigenvalue weighted by Gasteiger charge is -2.34. The van der Waals surface area contributed by atoms with Gasteiger partial charge in [-0.2, -0.15) is 5.10 Å². The van der Waals surface area contributed by atoms with Gasteiger partial charge >= 0.3 is 6.09 Å². The van der Waals surface area contributed by atoms with Crippen molar-refractivity contribution in [2.24, 2.45) is 0 Å². The molecule has 0 unspecified atom stereocenters. The molecular weight excluding hydrogens is 456 g/mol. The summed E-state index contributed by atoms with van der Waals surface area (Å²) in [6, 6.07) is 6.49. The number of piperidine rings is 1. The molecule has 0 N–H and O–H groups in total. The summed E-state index contributed by atoms with van der Waals surface area (Å²) in [6.45, 7) is 14.3. The molecule has 0 spiro atoms. The molecule has 2 aliphatic rings. The molecule has 1 aromatic carbocycles. The van der Waals surface area contributed by atoms with Crippen molar-refractivity contribution >= 4 is 22.8 Å². The van der Waals surface area contributed by atoms with Crippen LogP contribution in [0.15, 0.2) is 24.4 Å². The highest BCUT2D eigenvalue weighted by molar-refractivity contribution is 5.82. The number of carbonyl (C=O) groups excluding carboxylic acids is 1. The Kier molecular flexibility index (Phi) is 6.59. The van der Waals surface area contributed by atoms with Crippen LogP contribution in [0.2, 0.25) is 0 Å². The van der Waals surface area contributed by atoms with Crippen LogP contribution >= 0.6 is 0 Å². The zero-order valence-electron chi connectivity index (χ0n) is 22.0. The van der Waals surface area contributed by atoms with Crippen LogP contribution in [-0.2, 0) is 9.47 Å². The van der Waals surface area contributed by atoms with E-state index in [4.69, 9.17) is 19.6 Å². The first kappa shape index (κ1) is 24.5. The molecule has 9 heteroatoms. The molecule has 0 atom stereocenters. The number of ether oxygens (including phenoxy) is 2. The molecule has 0 saturated carbocycles. The molecule has 3 aromatic rings. The third-order valence-electron chi connectivity index (χ3n) is 6.91. The average molecular weight is 493 g/mol. The van der Waals surface area contributed by atoms with E-state index in [9.17, 15) is 4.79 Å². The fourth-order valence-electron chi connectivity index (χ4n) is 5.13. The molecule has 0 aliphatic carbocycles. The summed E-state index contributed by atoms with van der Waals surface area (Å²) in [5, 5.41) is 5.79. The predicted octanol–water partition coefficient (Wildman–Crippen LogP) is 4.38. The number of fused-ring (bicyclic) bond motifs is 1. The first-order chi connectivity index (χ1) is 17.2. The second kappa shape index (κ2) is 9.69. The molecule has 2 saturated heterocycles. The molecule has 9 nitrogen and oxygen atoms in total. The number of benzene rings is 1. The summed E-state index contributed by atoms with van der Waals surface area (Å²) in [7, 11) is 0. The fourth-order valence-corrected chi connectivity index (χ4v) is 5.13. The van der Waals surface area contributed by atoms with Gasteiger partial charge in [-0.3, -0.25) is 0 Å². The summed E-state index contributed by atoms with van der Waals surface area (Å²) in [6.07, 6.45) is 3.51. The lowest BCUT2D eigenvalue weighted by molar-refractivity contribution is 0.0205. The number of hydrogen-bond donors (Lipinski definition) is 0. The Morgan fingerprint density at radius 1 is 1.00 bits per heavy atom. The van der Waals surface area contributed by atoms with E-state index in [1.165, 1.54) is 11.1 Å². The number of amides is 1. The maximum atomic E-state index is 12.5. The Bertz CT molecular complexity index is 1250. The Morgan fingerprint density at radius 3 is 2.39 bits per heavy atom. The number of carbonyl (C=O) groups is 1. The van der Waals surface area contributed by atoms with Gasteiger partial charge in [-0.1, -0.05) is 0 Å². The van der Waals surface area contributed by atoms with E-state index in [0.717, 1.165) is 54.3 Å². The standard InChI is InChI=1S/C27H36N6O3/c1-18-14-21-17-28-33(25-16-24(29-19(2)30-25)31-10-12-35-13-11-31)23(21)15-22(18)20-6-8-32(9-7-20)26(34)36-27(3,4)5/h14-17,20H,6-13H2,1-5H3. The normalized spacial score (nSPS) is 17.6. The number of rotatable bonds is 3. The Hall–Kier alpha value is -3.20. The number of hydrogen-bond acceptors (Lipinski definition) is 7. The van der Waals surface area contributed by atoms with E-state index in [-0.39, 0.29) is 6.09 Å². The van der Waals surface area contributed by atoms with E-state index in [1.807, 2.05) is 49.5 Å². The van der Waals surface area contributed by atoms with Crippen molar-refractivity contribution in [2.45, 2.75) is 59.0 Å². The van der Waals surface area contributed by atoms with Crippen molar-refractivity contribution in [1.29, 1.82) is 0 Å². The molecule has 2 aliphatic heterocycles. The maximum absolute atomic E-state index is 12.5. The van der Waals surface area contributed by atoms with Crippen LogP contribution in [0.5, 0.6) is 0 Å². The molecule has 192 valence electrons. The molecule has 0 radical (unpaired) electrons. The fraction of sp³-hybridized carbons (Fsp3) is 0.556. The van der Waals surface area contributed by atoms with E-state index in [0.29, 0.717) is 32.2 Å². The first-order valence-electron chi connectivity index (χ1n) is 12.8. The Labute approximate surface area is 212 Å². The van der Waals surface area contributed by atoms with Crippen molar-refractivity contribution in [1.82, 2.24) is 24.6 Å². The second-order valence-electron chi connectivity index (χ2n) is 10.8. The molecular formula is C27H36N6O3. The predicted molar refractivity (Wildman–Crippen MR) is 139 cm³/mol. The average Bonchev–Trinajstić information content (AvgIpc) is 3.25. The molecule has 2 fully saturated rings. The monoisotopic (exact) mass is 492 g/mol. The number of aryl methyl sites for hydroxylation is 2.